The fourth-order valence-electron chi connectivity index (χ4n) is 3.66. The number of Topliss-reactive ketones (excluding diaryl/α,β-unsaturated/α-hetero) is 1. The van der Waals surface area contributed by atoms with Gasteiger partial charge in [-0.05, 0) is 38.7 Å². The van der Waals surface area contributed by atoms with E-state index in [0.29, 0.717) is 22.4 Å². The Balaban J connectivity index is 1.69. The second-order valence-corrected chi connectivity index (χ2v) is 9.82. The molecule has 4 N–H and O–H groups in total. The van der Waals surface area contributed by atoms with Gasteiger partial charge in [0, 0.05) is 23.7 Å². The lowest BCUT2D eigenvalue weighted by Crippen LogP contribution is -2.38. The molecule has 2 aromatic carbocycles. The maximum Gasteiger partial charge on any atom is 0.258 e. The van der Waals surface area contributed by atoms with Gasteiger partial charge in [-0.3, -0.25) is 9.59 Å². The van der Waals surface area contributed by atoms with Crippen molar-refractivity contribution in [2.24, 2.45) is 5.73 Å². The van der Waals surface area contributed by atoms with Gasteiger partial charge >= 0.3 is 0 Å². The average molecular weight is 453 g/mol. The van der Waals surface area contributed by atoms with Crippen LogP contribution in [-0.2, 0) is 14.8 Å². The summed E-state index contributed by atoms with van der Waals surface area (Å²) in [6.07, 6.45) is 0. The number of nitrogens with two attached hydrogens (primary N) is 1. The molecule has 0 saturated carbocycles. The molecule has 2 aromatic rings. The fourth-order valence-corrected chi connectivity index (χ4v) is 4.78. The zero-order valence-electron chi connectivity index (χ0n) is 18.0. The van der Waals surface area contributed by atoms with Gasteiger partial charge in [-0.25, -0.2) is 13.1 Å². The zero-order chi connectivity index (χ0) is 23.2. The van der Waals surface area contributed by atoms with Gasteiger partial charge in [0.05, 0.1) is 27.4 Å². The lowest BCUT2D eigenvalue weighted by molar-refractivity contribution is -0.115. The number of carbonyl (C=O) groups excluding carboxylic acids is 2. The number of carbonyl (C=O) groups is 2. The molecule has 4 rings (SSSR count). The smallest absolute Gasteiger partial charge is 0.258 e. The van der Waals surface area contributed by atoms with Crippen LogP contribution in [0.4, 0.5) is 0 Å². The average Bonchev–Trinajstić information content (AvgIpc) is 3.13. The molecule has 1 amide bonds. The summed E-state index contributed by atoms with van der Waals surface area (Å²) in [6.45, 7) is 2.18. The highest BCUT2D eigenvalue weighted by atomic mass is 32.2. The Kier molecular flexibility index (Phi) is 5.49. The number of hydrogen-bond acceptors (Lipinski definition) is 6. The van der Waals surface area contributed by atoms with Crippen molar-refractivity contribution in [3.63, 3.8) is 0 Å². The van der Waals surface area contributed by atoms with E-state index in [1.807, 2.05) is 25.9 Å². The monoisotopic (exact) mass is 452 g/mol. The standard InChI is InChI=1S/C23H24N4O4S/c1-13(27(2)3)12-25-32(30,31)15-10-8-14(9-11-15)21-19-18(23(29)26-21)20(24)16-6-4-5-7-17(16)22(19)28/h4-11,13,25H,12,24H2,1-3H3,(H,26,29). The summed E-state index contributed by atoms with van der Waals surface area (Å²) < 4.78 is 27.8. The van der Waals surface area contributed by atoms with Crippen LogP contribution in [0.15, 0.2) is 64.6 Å². The van der Waals surface area contributed by atoms with Crippen LogP contribution >= 0.6 is 0 Å². The topological polar surface area (TPSA) is 122 Å². The highest BCUT2D eigenvalue weighted by Gasteiger charge is 2.39. The van der Waals surface area contributed by atoms with E-state index in [1.165, 1.54) is 12.1 Å². The third-order valence-electron chi connectivity index (χ3n) is 5.83. The van der Waals surface area contributed by atoms with Crippen LogP contribution < -0.4 is 15.8 Å². The number of rotatable bonds is 6. The van der Waals surface area contributed by atoms with Crippen molar-refractivity contribution in [3.8, 4) is 0 Å². The lowest BCUT2D eigenvalue weighted by Gasteiger charge is -2.20. The fraction of sp³-hybridized carbons (Fsp3) is 0.217. The molecule has 1 aliphatic carbocycles. The zero-order valence-corrected chi connectivity index (χ0v) is 18.8. The Morgan fingerprint density at radius 3 is 2.25 bits per heavy atom. The number of nitrogens with one attached hydrogen (secondary N) is 2. The molecule has 166 valence electrons. The number of fused-ring (bicyclic) bond motifs is 2. The molecule has 2 aliphatic rings. The molecule has 0 saturated heterocycles. The molecule has 32 heavy (non-hydrogen) atoms. The van der Waals surface area contributed by atoms with E-state index in [4.69, 9.17) is 5.73 Å². The molecule has 0 radical (unpaired) electrons. The van der Waals surface area contributed by atoms with E-state index < -0.39 is 15.9 Å². The molecule has 0 fully saturated rings. The maximum atomic E-state index is 13.2. The largest absolute Gasteiger partial charge is 0.398 e. The first-order valence-corrected chi connectivity index (χ1v) is 11.6. The highest BCUT2D eigenvalue weighted by Crippen LogP contribution is 2.39. The first-order valence-electron chi connectivity index (χ1n) is 10.1. The van der Waals surface area contributed by atoms with Crippen molar-refractivity contribution in [2.75, 3.05) is 20.6 Å². The summed E-state index contributed by atoms with van der Waals surface area (Å²) in [5, 5.41) is 2.73. The van der Waals surface area contributed by atoms with Crippen molar-refractivity contribution in [1.82, 2.24) is 14.9 Å². The van der Waals surface area contributed by atoms with Gasteiger partial charge in [0.1, 0.15) is 0 Å². The molecule has 1 unspecified atom stereocenters. The van der Waals surface area contributed by atoms with Gasteiger partial charge in [-0.15, -0.1) is 0 Å². The summed E-state index contributed by atoms with van der Waals surface area (Å²) in [4.78, 5) is 27.8. The number of likely N-dealkylation sites (N-methyl/N-ethyl adjacent to an activating group) is 1. The van der Waals surface area contributed by atoms with Crippen LogP contribution in [0.1, 0.15) is 28.4 Å². The van der Waals surface area contributed by atoms with Gasteiger partial charge in [0.25, 0.3) is 5.91 Å². The van der Waals surface area contributed by atoms with Crippen molar-refractivity contribution in [2.45, 2.75) is 17.9 Å². The van der Waals surface area contributed by atoms with Crippen LogP contribution in [0.2, 0.25) is 0 Å². The first kappa shape index (κ1) is 21.9. The Bertz CT molecular complexity index is 1290. The predicted molar refractivity (Wildman–Crippen MR) is 122 cm³/mol. The number of benzene rings is 2. The second kappa shape index (κ2) is 8.01. The van der Waals surface area contributed by atoms with Crippen molar-refractivity contribution < 1.29 is 18.0 Å². The minimum absolute atomic E-state index is 0.0283. The second-order valence-electron chi connectivity index (χ2n) is 8.06. The molecule has 0 spiro atoms. The summed E-state index contributed by atoms with van der Waals surface area (Å²) in [5.74, 6) is -0.749. The molecule has 8 nitrogen and oxygen atoms in total. The molecule has 1 atom stereocenters. The van der Waals surface area contributed by atoms with E-state index in [9.17, 15) is 18.0 Å². The van der Waals surface area contributed by atoms with Crippen molar-refractivity contribution in [3.05, 3.63) is 76.4 Å². The van der Waals surface area contributed by atoms with Crippen molar-refractivity contribution >= 4 is 33.1 Å². The molecule has 1 heterocycles. The van der Waals surface area contributed by atoms with Crippen molar-refractivity contribution in [1.29, 1.82) is 0 Å². The lowest BCUT2D eigenvalue weighted by atomic mass is 9.84. The van der Waals surface area contributed by atoms with Gasteiger partial charge in [-0.2, -0.15) is 0 Å². The Morgan fingerprint density at radius 2 is 1.62 bits per heavy atom. The summed E-state index contributed by atoms with van der Waals surface area (Å²) in [5.41, 5.74) is 8.64. The molecule has 0 bridgehead atoms. The van der Waals surface area contributed by atoms with E-state index in [-0.39, 0.29) is 40.1 Å². The molecule has 9 heteroatoms. The number of ketones is 1. The van der Waals surface area contributed by atoms with Crippen LogP contribution in [0.5, 0.6) is 0 Å². The van der Waals surface area contributed by atoms with Crippen LogP contribution in [0, 0.1) is 0 Å². The Hall–Kier alpha value is -3.27. The predicted octanol–water partition coefficient (Wildman–Crippen LogP) is 1.32. The third-order valence-corrected chi connectivity index (χ3v) is 7.27. The van der Waals surface area contributed by atoms with E-state index >= 15 is 0 Å². The van der Waals surface area contributed by atoms with Gasteiger partial charge in [0.15, 0.2) is 5.78 Å². The summed E-state index contributed by atoms with van der Waals surface area (Å²) in [7, 11) is 0.0488. The van der Waals surface area contributed by atoms with E-state index in [1.54, 1.807) is 36.4 Å². The normalized spacial score (nSPS) is 16.9. The molecular weight excluding hydrogens is 428 g/mol. The minimum atomic E-state index is -3.70. The SMILES string of the molecule is CC(CNS(=O)(=O)c1ccc(C2=C3C(=O)c4ccccc4C(N)=C3C(=O)N2)cc1)N(C)C. The number of nitrogens with zero attached hydrogens (tertiary/aromatic N) is 1. The van der Waals surface area contributed by atoms with E-state index in [2.05, 4.69) is 10.0 Å². The summed E-state index contributed by atoms with van der Waals surface area (Å²) in [6, 6.07) is 12.9. The van der Waals surface area contributed by atoms with Crippen LogP contribution in [-0.4, -0.2) is 51.7 Å². The third kappa shape index (κ3) is 3.64. The van der Waals surface area contributed by atoms with E-state index in [0.717, 1.165) is 0 Å². The molecular formula is C23H24N4O4S. The highest BCUT2D eigenvalue weighted by molar-refractivity contribution is 7.89. The maximum absolute atomic E-state index is 13.2. The number of amides is 1. The Morgan fingerprint density at radius 1 is 1.00 bits per heavy atom. The van der Waals surface area contributed by atoms with Crippen LogP contribution in [0.25, 0.3) is 11.4 Å². The number of sulfonamides is 1. The Labute approximate surface area is 186 Å². The van der Waals surface area contributed by atoms with Gasteiger partial charge in [-0.1, -0.05) is 36.4 Å². The quantitative estimate of drug-likeness (QED) is 0.608. The summed E-state index contributed by atoms with van der Waals surface area (Å²) >= 11 is 0. The number of hydrogen-bond donors (Lipinski definition) is 3. The minimum Gasteiger partial charge on any atom is -0.398 e. The molecule has 1 aliphatic heterocycles. The first-order chi connectivity index (χ1) is 15.1. The van der Waals surface area contributed by atoms with Gasteiger partial charge in [0.2, 0.25) is 10.0 Å². The van der Waals surface area contributed by atoms with Crippen LogP contribution in [0.3, 0.4) is 0 Å². The van der Waals surface area contributed by atoms with Gasteiger partial charge < -0.3 is 16.0 Å². The molecule has 0 aromatic heterocycles.